The first-order valence-electron chi connectivity index (χ1n) is 11.2. The van der Waals surface area contributed by atoms with Gasteiger partial charge in [-0.25, -0.2) is 4.79 Å². The summed E-state index contributed by atoms with van der Waals surface area (Å²) < 4.78 is 16.2. The van der Waals surface area contributed by atoms with E-state index in [1.54, 1.807) is 14.2 Å². The molecule has 0 spiro atoms. The fourth-order valence-electron chi connectivity index (χ4n) is 4.06. The van der Waals surface area contributed by atoms with Crippen molar-refractivity contribution in [2.75, 3.05) is 26.1 Å². The SMILES string of the molecule is COc1ccc(OC)c(-c2ccc(NC(=O)[C@@H]3CCCN3C(=O)OCc3ccccc3)cc2)c1. The Balaban J connectivity index is 1.40. The van der Waals surface area contributed by atoms with Gasteiger partial charge in [-0.3, -0.25) is 9.69 Å². The van der Waals surface area contributed by atoms with E-state index in [0.717, 1.165) is 34.6 Å². The highest BCUT2D eigenvalue weighted by molar-refractivity contribution is 5.97. The van der Waals surface area contributed by atoms with Crippen molar-refractivity contribution in [1.82, 2.24) is 4.90 Å². The molecule has 1 aliphatic rings. The first kappa shape index (κ1) is 23.2. The van der Waals surface area contributed by atoms with Crippen molar-refractivity contribution in [1.29, 1.82) is 0 Å². The zero-order valence-corrected chi connectivity index (χ0v) is 19.3. The van der Waals surface area contributed by atoms with Crippen molar-refractivity contribution in [2.45, 2.75) is 25.5 Å². The molecule has 3 aromatic carbocycles. The minimum absolute atomic E-state index is 0.180. The molecule has 3 aromatic rings. The van der Waals surface area contributed by atoms with Gasteiger partial charge in [0.1, 0.15) is 24.1 Å². The Labute approximate surface area is 199 Å². The minimum atomic E-state index is -0.554. The van der Waals surface area contributed by atoms with Gasteiger partial charge in [0.25, 0.3) is 0 Å². The molecule has 0 aromatic heterocycles. The lowest BCUT2D eigenvalue weighted by Crippen LogP contribution is -2.43. The van der Waals surface area contributed by atoms with E-state index < -0.39 is 12.1 Å². The molecule has 7 nitrogen and oxygen atoms in total. The normalized spacial score (nSPS) is 15.0. The number of amides is 2. The molecule has 1 heterocycles. The van der Waals surface area contributed by atoms with Crippen LogP contribution in [0.1, 0.15) is 18.4 Å². The van der Waals surface area contributed by atoms with Gasteiger partial charge in [0.05, 0.1) is 14.2 Å². The van der Waals surface area contributed by atoms with Gasteiger partial charge in [-0.05, 0) is 54.3 Å². The third-order valence-electron chi connectivity index (χ3n) is 5.87. The predicted molar refractivity (Wildman–Crippen MR) is 130 cm³/mol. The maximum absolute atomic E-state index is 12.9. The van der Waals surface area contributed by atoms with Crippen LogP contribution in [0.25, 0.3) is 11.1 Å². The van der Waals surface area contributed by atoms with Crippen LogP contribution in [0.4, 0.5) is 10.5 Å². The molecule has 0 saturated carbocycles. The van der Waals surface area contributed by atoms with Crippen LogP contribution in [0.15, 0.2) is 72.8 Å². The maximum atomic E-state index is 12.9. The molecule has 34 heavy (non-hydrogen) atoms. The average molecular weight is 461 g/mol. The van der Waals surface area contributed by atoms with E-state index in [-0.39, 0.29) is 12.5 Å². The lowest BCUT2D eigenvalue weighted by molar-refractivity contribution is -0.120. The van der Waals surface area contributed by atoms with E-state index in [0.29, 0.717) is 18.7 Å². The second-order valence-electron chi connectivity index (χ2n) is 8.02. The van der Waals surface area contributed by atoms with Gasteiger partial charge in [-0.1, -0.05) is 42.5 Å². The number of anilines is 1. The molecule has 1 fully saturated rings. The molecule has 1 saturated heterocycles. The van der Waals surface area contributed by atoms with E-state index in [4.69, 9.17) is 14.2 Å². The Hall–Kier alpha value is -4.00. The van der Waals surface area contributed by atoms with E-state index in [2.05, 4.69) is 5.32 Å². The molecule has 1 N–H and O–H groups in total. The monoisotopic (exact) mass is 460 g/mol. The van der Waals surface area contributed by atoms with Crippen molar-refractivity contribution in [3.63, 3.8) is 0 Å². The Morgan fingerprint density at radius 1 is 0.971 bits per heavy atom. The molecule has 0 bridgehead atoms. The number of rotatable bonds is 7. The number of hydrogen-bond acceptors (Lipinski definition) is 5. The van der Waals surface area contributed by atoms with E-state index in [9.17, 15) is 9.59 Å². The molecule has 0 radical (unpaired) electrons. The van der Waals surface area contributed by atoms with Gasteiger partial charge in [0.2, 0.25) is 5.91 Å². The van der Waals surface area contributed by atoms with E-state index in [1.165, 1.54) is 4.90 Å². The van der Waals surface area contributed by atoms with Crippen LogP contribution in [0, 0.1) is 0 Å². The van der Waals surface area contributed by atoms with Gasteiger partial charge in [0, 0.05) is 17.8 Å². The second kappa shape index (κ2) is 10.7. The number of nitrogens with one attached hydrogen (secondary N) is 1. The highest BCUT2D eigenvalue weighted by Gasteiger charge is 2.35. The predicted octanol–water partition coefficient (Wildman–Crippen LogP) is 5.11. The van der Waals surface area contributed by atoms with E-state index in [1.807, 2.05) is 72.8 Å². The molecule has 1 atom stereocenters. The summed E-state index contributed by atoms with van der Waals surface area (Å²) in [5, 5.41) is 2.93. The number of benzene rings is 3. The van der Waals surface area contributed by atoms with Gasteiger partial charge >= 0.3 is 6.09 Å². The number of nitrogens with zero attached hydrogens (tertiary/aromatic N) is 1. The van der Waals surface area contributed by atoms with Crippen LogP contribution in [0.2, 0.25) is 0 Å². The number of carbonyl (C=O) groups excluding carboxylic acids is 2. The largest absolute Gasteiger partial charge is 0.497 e. The quantitative estimate of drug-likeness (QED) is 0.530. The summed E-state index contributed by atoms with van der Waals surface area (Å²) in [5.74, 6) is 1.24. The summed E-state index contributed by atoms with van der Waals surface area (Å²) in [6.45, 7) is 0.681. The summed E-state index contributed by atoms with van der Waals surface area (Å²) >= 11 is 0. The summed E-state index contributed by atoms with van der Waals surface area (Å²) in [6.07, 6.45) is 0.889. The molecular formula is C27H28N2O5. The van der Waals surface area contributed by atoms with Crippen LogP contribution in [0.5, 0.6) is 11.5 Å². The number of carbonyl (C=O) groups is 2. The number of ether oxygens (including phenoxy) is 3. The third kappa shape index (κ3) is 5.31. The molecule has 7 heteroatoms. The van der Waals surface area contributed by atoms with Crippen molar-refractivity contribution in [3.8, 4) is 22.6 Å². The van der Waals surface area contributed by atoms with Crippen molar-refractivity contribution in [3.05, 3.63) is 78.4 Å². The van der Waals surface area contributed by atoms with E-state index >= 15 is 0 Å². The third-order valence-corrected chi connectivity index (χ3v) is 5.87. The molecule has 2 amide bonds. The molecule has 0 aliphatic carbocycles. The smallest absolute Gasteiger partial charge is 0.410 e. The molecular weight excluding hydrogens is 432 g/mol. The fraction of sp³-hybridized carbons (Fsp3) is 0.259. The van der Waals surface area contributed by atoms with Gasteiger partial charge in [-0.15, -0.1) is 0 Å². The summed E-state index contributed by atoms with van der Waals surface area (Å²) in [5.41, 5.74) is 3.38. The van der Waals surface area contributed by atoms with Crippen molar-refractivity contribution in [2.24, 2.45) is 0 Å². The number of methoxy groups -OCH3 is 2. The Morgan fingerprint density at radius 2 is 1.74 bits per heavy atom. The van der Waals surface area contributed by atoms with Crippen molar-refractivity contribution >= 4 is 17.7 Å². The van der Waals surface area contributed by atoms with Crippen LogP contribution in [-0.2, 0) is 16.1 Å². The van der Waals surface area contributed by atoms with Crippen LogP contribution in [0.3, 0.4) is 0 Å². The van der Waals surface area contributed by atoms with Crippen LogP contribution in [-0.4, -0.2) is 43.7 Å². The maximum Gasteiger partial charge on any atom is 0.410 e. The molecule has 176 valence electrons. The van der Waals surface area contributed by atoms with Gasteiger partial charge < -0.3 is 19.5 Å². The zero-order valence-electron chi connectivity index (χ0n) is 19.3. The lowest BCUT2D eigenvalue weighted by atomic mass is 10.0. The zero-order chi connectivity index (χ0) is 23.9. The first-order chi connectivity index (χ1) is 16.6. The Morgan fingerprint density at radius 3 is 2.44 bits per heavy atom. The lowest BCUT2D eigenvalue weighted by Gasteiger charge is -2.23. The van der Waals surface area contributed by atoms with Crippen molar-refractivity contribution < 1.29 is 23.8 Å². The fourth-order valence-corrected chi connectivity index (χ4v) is 4.06. The second-order valence-corrected chi connectivity index (χ2v) is 8.02. The topological polar surface area (TPSA) is 77.1 Å². The summed E-state index contributed by atoms with van der Waals surface area (Å²) in [4.78, 5) is 27.1. The molecule has 1 aliphatic heterocycles. The number of likely N-dealkylation sites (tertiary alicyclic amines) is 1. The first-order valence-corrected chi connectivity index (χ1v) is 11.2. The molecule has 0 unspecified atom stereocenters. The molecule has 4 rings (SSSR count). The standard InChI is InChI=1S/C27H28N2O5/c1-32-22-14-15-25(33-2)23(17-22)20-10-12-21(13-11-20)28-26(30)24-9-6-16-29(24)27(31)34-18-19-7-4-3-5-8-19/h3-5,7-8,10-15,17,24H,6,9,16,18H2,1-2H3,(H,28,30)/t24-/m0/s1. The minimum Gasteiger partial charge on any atom is -0.497 e. The van der Waals surface area contributed by atoms with Gasteiger partial charge in [-0.2, -0.15) is 0 Å². The average Bonchev–Trinajstić information content (AvgIpc) is 3.38. The number of hydrogen-bond donors (Lipinski definition) is 1. The highest BCUT2D eigenvalue weighted by Crippen LogP contribution is 2.34. The highest BCUT2D eigenvalue weighted by atomic mass is 16.6. The van der Waals surface area contributed by atoms with Crippen LogP contribution >= 0.6 is 0 Å². The Bertz CT molecular complexity index is 1130. The van der Waals surface area contributed by atoms with Crippen LogP contribution < -0.4 is 14.8 Å². The Kier molecular flexibility index (Phi) is 7.32. The summed E-state index contributed by atoms with van der Waals surface area (Å²) in [7, 11) is 3.24. The van der Waals surface area contributed by atoms with Gasteiger partial charge in [0.15, 0.2) is 0 Å². The summed E-state index contributed by atoms with van der Waals surface area (Å²) in [6, 6.07) is 22.0.